The topological polar surface area (TPSA) is 52.7 Å². The number of aryl methyl sites for hydroxylation is 1. The molecule has 3 rings (SSSR count). The standard InChI is InChI=1S/C22H25N3O2S/c1-4-24(5-2)19-12-8-17(9-13-19)14-20-21(26)25(22(27)28-20)15-23-18-10-6-16(3)7-11-18/h6-14,23H,4-5,15H2,1-3H3/b20-14+. The Bertz CT molecular complexity index is 872. The first kappa shape index (κ1) is 20.0. The minimum Gasteiger partial charge on any atom is -0.372 e. The molecule has 5 nitrogen and oxygen atoms in total. The van der Waals surface area contributed by atoms with Gasteiger partial charge in [0.15, 0.2) is 0 Å². The molecular formula is C22H25N3O2S. The molecule has 0 bridgehead atoms. The molecule has 0 saturated carbocycles. The zero-order valence-electron chi connectivity index (χ0n) is 16.4. The number of thioether (sulfide) groups is 1. The molecular weight excluding hydrogens is 370 g/mol. The van der Waals surface area contributed by atoms with Crippen molar-refractivity contribution in [2.24, 2.45) is 0 Å². The molecule has 0 aromatic heterocycles. The summed E-state index contributed by atoms with van der Waals surface area (Å²) in [5, 5.41) is 2.88. The van der Waals surface area contributed by atoms with E-state index < -0.39 is 0 Å². The highest BCUT2D eigenvalue weighted by atomic mass is 32.2. The van der Waals surface area contributed by atoms with E-state index in [1.165, 1.54) is 4.90 Å². The maximum Gasteiger partial charge on any atom is 0.295 e. The number of hydrogen-bond acceptors (Lipinski definition) is 5. The molecule has 1 heterocycles. The van der Waals surface area contributed by atoms with Crippen molar-refractivity contribution in [3.05, 3.63) is 64.6 Å². The van der Waals surface area contributed by atoms with Crippen LogP contribution in [0, 0.1) is 6.92 Å². The molecule has 0 unspecified atom stereocenters. The number of rotatable bonds is 7. The molecule has 6 heteroatoms. The normalized spacial score (nSPS) is 15.4. The smallest absolute Gasteiger partial charge is 0.295 e. The van der Waals surface area contributed by atoms with Crippen molar-refractivity contribution in [2.75, 3.05) is 30.0 Å². The van der Waals surface area contributed by atoms with Crippen LogP contribution in [0.15, 0.2) is 53.4 Å². The van der Waals surface area contributed by atoms with Gasteiger partial charge in [-0.3, -0.25) is 14.5 Å². The number of carbonyl (C=O) groups is 2. The van der Waals surface area contributed by atoms with E-state index in [1.807, 2.05) is 55.5 Å². The predicted octanol–water partition coefficient (Wildman–Crippen LogP) is 4.95. The van der Waals surface area contributed by atoms with Gasteiger partial charge in [0.2, 0.25) is 0 Å². The zero-order valence-corrected chi connectivity index (χ0v) is 17.3. The van der Waals surface area contributed by atoms with Gasteiger partial charge in [-0.05, 0) is 68.4 Å². The summed E-state index contributed by atoms with van der Waals surface area (Å²) >= 11 is 0.982. The Balaban J connectivity index is 1.67. The van der Waals surface area contributed by atoms with E-state index in [2.05, 4.69) is 24.1 Å². The quantitative estimate of drug-likeness (QED) is 0.673. The summed E-state index contributed by atoms with van der Waals surface area (Å²) in [5.41, 5.74) is 4.10. The van der Waals surface area contributed by atoms with Crippen molar-refractivity contribution in [3.8, 4) is 0 Å². The summed E-state index contributed by atoms with van der Waals surface area (Å²) in [7, 11) is 0. The fourth-order valence-corrected chi connectivity index (χ4v) is 3.84. The van der Waals surface area contributed by atoms with Crippen LogP contribution < -0.4 is 10.2 Å². The summed E-state index contributed by atoms with van der Waals surface area (Å²) in [4.78, 5) is 28.8. The average molecular weight is 396 g/mol. The molecule has 2 aromatic carbocycles. The van der Waals surface area contributed by atoms with E-state index in [-0.39, 0.29) is 17.8 Å². The molecule has 1 N–H and O–H groups in total. The van der Waals surface area contributed by atoms with Gasteiger partial charge in [0.25, 0.3) is 11.1 Å². The Kier molecular flexibility index (Phi) is 6.41. The first-order valence-corrected chi connectivity index (χ1v) is 10.2. The highest BCUT2D eigenvalue weighted by Crippen LogP contribution is 2.32. The highest BCUT2D eigenvalue weighted by Gasteiger charge is 2.34. The summed E-state index contributed by atoms with van der Waals surface area (Å²) in [5.74, 6) is -0.262. The maximum atomic E-state index is 12.6. The van der Waals surface area contributed by atoms with Crippen molar-refractivity contribution in [1.82, 2.24) is 4.90 Å². The van der Waals surface area contributed by atoms with E-state index in [0.717, 1.165) is 47.4 Å². The number of carbonyl (C=O) groups excluding carboxylic acids is 2. The van der Waals surface area contributed by atoms with E-state index >= 15 is 0 Å². The van der Waals surface area contributed by atoms with Crippen LogP contribution in [0.2, 0.25) is 0 Å². The molecule has 0 radical (unpaired) electrons. The lowest BCUT2D eigenvalue weighted by molar-refractivity contribution is -0.122. The summed E-state index contributed by atoms with van der Waals surface area (Å²) in [6.07, 6.45) is 1.78. The van der Waals surface area contributed by atoms with Gasteiger partial charge in [-0.15, -0.1) is 0 Å². The number of amides is 2. The molecule has 1 aliphatic heterocycles. The van der Waals surface area contributed by atoms with Gasteiger partial charge in [-0.25, -0.2) is 0 Å². The van der Waals surface area contributed by atoms with Crippen molar-refractivity contribution in [3.63, 3.8) is 0 Å². The Morgan fingerprint density at radius 1 is 1.00 bits per heavy atom. The molecule has 2 amide bonds. The monoisotopic (exact) mass is 395 g/mol. The molecule has 1 saturated heterocycles. The average Bonchev–Trinajstić information content (AvgIpc) is 2.96. The largest absolute Gasteiger partial charge is 0.372 e. The van der Waals surface area contributed by atoms with Gasteiger partial charge in [0, 0.05) is 24.5 Å². The van der Waals surface area contributed by atoms with Gasteiger partial charge in [-0.2, -0.15) is 0 Å². The van der Waals surface area contributed by atoms with Gasteiger partial charge in [0.1, 0.15) is 0 Å². The second-order valence-electron chi connectivity index (χ2n) is 6.57. The second kappa shape index (κ2) is 8.97. The third-order valence-electron chi connectivity index (χ3n) is 4.69. The Labute approximate surface area is 170 Å². The number of nitrogens with one attached hydrogen (secondary N) is 1. The molecule has 146 valence electrons. The molecule has 2 aromatic rings. The van der Waals surface area contributed by atoms with E-state index in [4.69, 9.17) is 0 Å². The fourth-order valence-electron chi connectivity index (χ4n) is 3.00. The van der Waals surface area contributed by atoms with Crippen LogP contribution in [-0.2, 0) is 4.79 Å². The van der Waals surface area contributed by atoms with Gasteiger partial charge >= 0.3 is 0 Å². The minimum absolute atomic E-state index is 0.159. The lowest BCUT2D eigenvalue weighted by Gasteiger charge is -2.20. The Morgan fingerprint density at radius 3 is 2.25 bits per heavy atom. The van der Waals surface area contributed by atoms with E-state index in [0.29, 0.717) is 4.91 Å². The molecule has 1 aliphatic rings. The van der Waals surface area contributed by atoms with Crippen molar-refractivity contribution in [2.45, 2.75) is 20.8 Å². The first-order chi connectivity index (χ1) is 13.5. The maximum absolute atomic E-state index is 12.6. The SMILES string of the molecule is CCN(CC)c1ccc(/C=C2/SC(=O)N(CNc3ccc(C)cc3)C2=O)cc1. The molecule has 0 atom stereocenters. The van der Waals surface area contributed by atoms with Crippen molar-refractivity contribution in [1.29, 1.82) is 0 Å². The van der Waals surface area contributed by atoms with Crippen LogP contribution in [-0.4, -0.2) is 35.8 Å². The lowest BCUT2D eigenvalue weighted by Crippen LogP contribution is -2.33. The van der Waals surface area contributed by atoms with Crippen LogP contribution in [0.1, 0.15) is 25.0 Å². The lowest BCUT2D eigenvalue weighted by atomic mass is 10.1. The number of nitrogens with zero attached hydrogens (tertiary/aromatic N) is 2. The van der Waals surface area contributed by atoms with Crippen LogP contribution in [0.5, 0.6) is 0 Å². The molecule has 1 fully saturated rings. The van der Waals surface area contributed by atoms with E-state index in [9.17, 15) is 9.59 Å². The van der Waals surface area contributed by atoms with Crippen LogP contribution >= 0.6 is 11.8 Å². The van der Waals surface area contributed by atoms with Crippen LogP contribution in [0.4, 0.5) is 16.2 Å². The molecule has 28 heavy (non-hydrogen) atoms. The van der Waals surface area contributed by atoms with Crippen LogP contribution in [0.3, 0.4) is 0 Å². The number of benzene rings is 2. The zero-order chi connectivity index (χ0) is 20.1. The third-order valence-corrected chi connectivity index (χ3v) is 5.59. The highest BCUT2D eigenvalue weighted by molar-refractivity contribution is 8.18. The van der Waals surface area contributed by atoms with Gasteiger partial charge < -0.3 is 10.2 Å². The predicted molar refractivity (Wildman–Crippen MR) is 117 cm³/mol. The Hall–Kier alpha value is -2.73. The van der Waals surface area contributed by atoms with Gasteiger partial charge in [-0.1, -0.05) is 29.8 Å². The Morgan fingerprint density at radius 2 is 1.64 bits per heavy atom. The third kappa shape index (κ3) is 4.57. The number of imide groups is 1. The minimum atomic E-state index is -0.262. The van der Waals surface area contributed by atoms with Gasteiger partial charge in [0.05, 0.1) is 11.6 Å². The second-order valence-corrected chi connectivity index (χ2v) is 7.57. The van der Waals surface area contributed by atoms with Crippen molar-refractivity contribution < 1.29 is 9.59 Å². The van der Waals surface area contributed by atoms with Crippen molar-refractivity contribution >= 4 is 40.4 Å². The first-order valence-electron chi connectivity index (χ1n) is 9.42. The number of hydrogen-bond donors (Lipinski definition) is 1. The summed E-state index contributed by atoms with van der Waals surface area (Å²) < 4.78 is 0. The summed E-state index contributed by atoms with van der Waals surface area (Å²) in [6.45, 7) is 8.31. The van der Waals surface area contributed by atoms with Crippen LogP contribution in [0.25, 0.3) is 6.08 Å². The number of anilines is 2. The summed E-state index contributed by atoms with van der Waals surface area (Å²) in [6, 6.07) is 15.9. The molecule has 0 aliphatic carbocycles. The molecule has 0 spiro atoms. The fraction of sp³-hybridized carbons (Fsp3) is 0.273. The van der Waals surface area contributed by atoms with E-state index in [1.54, 1.807) is 6.08 Å².